The second kappa shape index (κ2) is 8.05. The Balaban J connectivity index is 3.02. The molecule has 0 radical (unpaired) electrons. The summed E-state index contributed by atoms with van der Waals surface area (Å²) in [5.41, 5.74) is 2.58. The lowest BCUT2D eigenvalue weighted by Crippen LogP contribution is -2.36. The fraction of sp³-hybridized carbons (Fsp3) is 0.667. The van der Waals surface area contributed by atoms with Crippen molar-refractivity contribution in [2.45, 2.75) is 60.0 Å². The Bertz CT molecular complexity index is 437. The van der Waals surface area contributed by atoms with Crippen LogP contribution in [0.4, 0.5) is 5.69 Å². The summed E-state index contributed by atoms with van der Waals surface area (Å²) in [6.07, 6.45) is 1.19. The van der Waals surface area contributed by atoms with Gasteiger partial charge in [-0.3, -0.25) is 0 Å². The zero-order valence-electron chi connectivity index (χ0n) is 14.5. The van der Waals surface area contributed by atoms with E-state index in [2.05, 4.69) is 57.8 Å². The highest BCUT2D eigenvalue weighted by atomic mass is 35.5. The minimum Gasteiger partial charge on any atom is -0.370 e. The Morgan fingerprint density at radius 3 is 2.43 bits per heavy atom. The van der Waals surface area contributed by atoms with E-state index in [0.717, 1.165) is 24.7 Å². The molecule has 1 N–H and O–H groups in total. The third-order valence-electron chi connectivity index (χ3n) is 3.81. The second-order valence-corrected chi connectivity index (χ2v) is 7.31. The van der Waals surface area contributed by atoms with Crippen LogP contribution in [0.15, 0.2) is 18.2 Å². The third kappa shape index (κ3) is 5.88. The van der Waals surface area contributed by atoms with Crippen LogP contribution < -0.4 is 10.2 Å². The molecule has 0 aliphatic rings. The van der Waals surface area contributed by atoms with Gasteiger partial charge in [-0.1, -0.05) is 44.0 Å². The van der Waals surface area contributed by atoms with Crippen LogP contribution in [-0.2, 0) is 6.54 Å². The number of nitrogens with one attached hydrogen (secondary N) is 1. The molecule has 0 amide bonds. The molecule has 120 valence electrons. The van der Waals surface area contributed by atoms with Crippen LogP contribution in [0.25, 0.3) is 0 Å². The van der Waals surface area contributed by atoms with Crippen LogP contribution in [0, 0.1) is 5.92 Å². The normalized spacial score (nSPS) is 13.3. The second-order valence-electron chi connectivity index (χ2n) is 6.90. The molecule has 0 aliphatic carbocycles. The van der Waals surface area contributed by atoms with E-state index < -0.39 is 0 Å². The van der Waals surface area contributed by atoms with Crippen LogP contribution in [0.5, 0.6) is 0 Å². The lowest BCUT2D eigenvalue weighted by Gasteiger charge is -2.30. The van der Waals surface area contributed by atoms with Crippen molar-refractivity contribution in [1.82, 2.24) is 5.32 Å². The highest BCUT2D eigenvalue weighted by Gasteiger charge is 2.17. The van der Waals surface area contributed by atoms with Crippen LogP contribution in [0.2, 0.25) is 5.02 Å². The van der Waals surface area contributed by atoms with Crippen LogP contribution >= 0.6 is 11.6 Å². The van der Waals surface area contributed by atoms with Crippen molar-refractivity contribution in [1.29, 1.82) is 0 Å². The predicted molar refractivity (Wildman–Crippen MR) is 95.4 cm³/mol. The lowest BCUT2D eigenvalue weighted by molar-refractivity contribution is 0.424. The minimum atomic E-state index is 0.105. The van der Waals surface area contributed by atoms with Crippen molar-refractivity contribution < 1.29 is 0 Å². The first-order chi connectivity index (χ1) is 9.78. The van der Waals surface area contributed by atoms with E-state index in [0.29, 0.717) is 5.92 Å². The SMILES string of the molecule is CCC(C)CN(CC)c1c(Cl)cccc1CNC(C)(C)C. The maximum Gasteiger partial charge on any atom is 0.0642 e. The first kappa shape index (κ1) is 18.3. The minimum absolute atomic E-state index is 0.105. The fourth-order valence-corrected chi connectivity index (χ4v) is 2.61. The molecule has 1 aromatic carbocycles. The number of halogens is 1. The number of rotatable bonds is 7. The van der Waals surface area contributed by atoms with E-state index in [1.54, 1.807) is 0 Å². The number of hydrogen-bond acceptors (Lipinski definition) is 2. The molecule has 0 saturated heterocycles. The van der Waals surface area contributed by atoms with E-state index in [-0.39, 0.29) is 5.54 Å². The van der Waals surface area contributed by atoms with Crippen molar-refractivity contribution in [2.24, 2.45) is 5.92 Å². The summed E-state index contributed by atoms with van der Waals surface area (Å²) < 4.78 is 0. The average molecular weight is 311 g/mol. The molecule has 1 aromatic rings. The van der Waals surface area contributed by atoms with E-state index in [9.17, 15) is 0 Å². The van der Waals surface area contributed by atoms with Gasteiger partial charge in [0.25, 0.3) is 0 Å². The molecule has 0 bridgehead atoms. The van der Waals surface area contributed by atoms with Crippen LogP contribution in [0.1, 0.15) is 53.5 Å². The smallest absolute Gasteiger partial charge is 0.0642 e. The standard InChI is InChI=1S/C18H31ClN2/c1-7-14(3)13-21(8-2)17-15(10-9-11-16(17)19)12-20-18(4,5)6/h9-11,14,20H,7-8,12-13H2,1-6H3. The molecule has 3 heteroatoms. The van der Waals surface area contributed by atoms with E-state index in [1.807, 2.05) is 12.1 Å². The highest BCUT2D eigenvalue weighted by molar-refractivity contribution is 6.33. The molecule has 21 heavy (non-hydrogen) atoms. The van der Waals surface area contributed by atoms with Crippen molar-refractivity contribution in [3.05, 3.63) is 28.8 Å². The highest BCUT2D eigenvalue weighted by Crippen LogP contribution is 2.31. The summed E-state index contributed by atoms with van der Waals surface area (Å²) >= 11 is 6.51. The van der Waals surface area contributed by atoms with Crippen molar-refractivity contribution in [3.63, 3.8) is 0 Å². The van der Waals surface area contributed by atoms with Gasteiger partial charge in [-0.05, 0) is 45.2 Å². The largest absolute Gasteiger partial charge is 0.370 e. The third-order valence-corrected chi connectivity index (χ3v) is 4.11. The van der Waals surface area contributed by atoms with Gasteiger partial charge in [0.2, 0.25) is 0 Å². The molecule has 0 fully saturated rings. The number of anilines is 1. The Kier molecular flexibility index (Phi) is 7.02. The van der Waals surface area contributed by atoms with Crippen LogP contribution in [0.3, 0.4) is 0 Å². The molecule has 0 aromatic heterocycles. The Hall–Kier alpha value is -0.730. The summed E-state index contributed by atoms with van der Waals surface area (Å²) in [4.78, 5) is 2.41. The molecule has 0 saturated carbocycles. The molecule has 1 atom stereocenters. The zero-order chi connectivity index (χ0) is 16.0. The summed E-state index contributed by atoms with van der Waals surface area (Å²) in [6.45, 7) is 16.2. The van der Waals surface area contributed by atoms with Gasteiger partial charge in [-0.15, -0.1) is 0 Å². The number of benzene rings is 1. The molecular weight excluding hydrogens is 280 g/mol. The molecule has 0 aliphatic heterocycles. The first-order valence-electron chi connectivity index (χ1n) is 8.05. The number of hydrogen-bond donors (Lipinski definition) is 1. The van der Waals surface area contributed by atoms with Crippen molar-refractivity contribution in [3.8, 4) is 0 Å². The number of nitrogens with zero attached hydrogens (tertiary/aromatic N) is 1. The van der Waals surface area contributed by atoms with E-state index >= 15 is 0 Å². The van der Waals surface area contributed by atoms with Crippen molar-refractivity contribution >= 4 is 17.3 Å². The predicted octanol–water partition coefficient (Wildman–Crippen LogP) is 5.10. The summed E-state index contributed by atoms with van der Waals surface area (Å²) in [6, 6.07) is 6.22. The van der Waals surface area contributed by atoms with Gasteiger partial charge in [-0.2, -0.15) is 0 Å². The molecule has 2 nitrogen and oxygen atoms in total. The first-order valence-corrected chi connectivity index (χ1v) is 8.43. The Labute approximate surface area is 135 Å². The summed E-state index contributed by atoms with van der Waals surface area (Å²) in [5.74, 6) is 0.671. The lowest BCUT2D eigenvalue weighted by atomic mass is 10.0. The van der Waals surface area contributed by atoms with Gasteiger partial charge < -0.3 is 10.2 Å². The van der Waals surface area contributed by atoms with Gasteiger partial charge in [-0.25, -0.2) is 0 Å². The van der Waals surface area contributed by atoms with E-state index in [1.165, 1.54) is 17.7 Å². The number of para-hydroxylation sites is 1. The van der Waals surface area contributed by atoms with Gasteiger partial charge >= 0.3 is 0 Å². The topological polar surface area (TPSA) is 15.3 Å². The zero-order valence-corrected chi connectivity index (χ0v) is 15.2. The summed E-state index contributed by atoms with van der Waals surface area (Å²) in [5, 5.41) is 4.42. The monoisotopic (exact) mass is 310 g/mol. The molecule has 1 rings (SSSR count). The fourth-order valence-electron chi connectivity index (χ4n) is 2.30. The molecular formula is C18H31ClN2. The van der Waals surface area contributed by atoms with Gasteiger partial charge in [0.1, 0.15) is 0 Å². The van der Waals surface area contributed by atoms with Crippen molar-refractivity contribution in [2.75, 3.05) is 18.0 Å². The summed E-state index contributed by atoms with van der Waals surface area (Å²) in [7, 11) is 0. The Morgan fingerprint density at radius 1 is 1.24 bits per heavy atom. The van der Waals surface area contributed by atoms with E-state index in [4.69, 9.17) is 11.6 Å². The van der Waals surface area contributed by atoms with Gasteiger partial charge in [0.05, 0.1) is 10.7 Å². The maximum absolute atomic E-state index is 6.51. The molecule has 0 spiro atoms. The van der Waals surface area contributed by atoms with Gasteiger partial charge in [0, 0.05) is 25.2 Å². The van der Waals surface area contributed by atoms with Crippen LogP contribution in [-0.4, -0.2) is 18.6 Å². The Morgan fingerprint density at radius 2 is 1.90 bits per heavy atom. The molecule has 0 heterocycles. The maximum atomic E-state index is 6.51. The quantitative estimate of drug-likeness (QED) is 0.753. The molecule has 1 unspecified atom stereocenters. The van der Waals surface area contributed by atoms with Gasteiger partial charge in [0.15, 0.2) is 0 Å². The average Bonchev–Trinajstić information content (AvgIpc) is 2.42.